The molecule has 0 radical (unpaired) electrons. The highest BCUT2D eigenvalue weighted by Gasteiger charge is 2.25. The minimum atomic E-state index is -3.69. The van der Waals surface area contributed by atoms with Crippen LogP contribution in [0.4, 0.5) is 0 Å². The number of ether oxygens (including phenoxy) is 1. The highest BCUT2D eigenvalue weighted by atomic mass is 35.5. The Balaban J connectivity index is 0.00000208. The van der Waals surface area contributed by atoms with Crippen molar-refractivity contribution in [1.29, 1.82) is 0 Å². The van der Waals surface area contributed by atoms with Crippen molar-refractivity contribution in [3.8, 4) is 0 Å². The molecule has 0 amide bonds. The Morgan fingerprint density at radius 3 is 2.79 bits per heavy atom. The summed E-state index contributed by atoms with van der Waals surface area (Å²) in [5, 5.41) is 4.01. The number of nitrogens with one attached hydrogen (secondary N) is 2. The zero-order valence-electron chi connectivity index (χ0n) is 13.0. The van der Waals surface area contributed by atoms with E-state index in [0.29, 0.717) is 17.3 Å². The molecule has 0 spiro atoms. The maximum atomic E-state index is 12.7. The molecule has 9 heteroatoms. The summed E-state index contributed by atoms with van der Waals surface area (Å²) in [4.78, 5) is 15.9. The summed E-state index contributed by atoms with van der Waals surface area (Å²) in [6, 6.07) is 6.23. The van der Waals surface area contributed by atoms with Crippen molar-refractivity contribution in [2.75, 3.05) is 20.2 Å². The van der Waals surface area contributed by atoms with E-state index in [-0.39, 0.29) is 29.0 Å². The molecule has 24 heavy (non-hydrogen) atoms. The van der Waals surface area contributed by atoms with E-state index >= 15 is 0 Å². The number of esters is 1. The average Bonchev–Trinajstić information content (AvgIpc) is 3.05. The standard InChI is InChI=1S/C15H17N3O4S.ClH/c1-22-15(19)14-12-3-2-4-13(11(12)6-8-17-14)23(20,21)18-10-5-7-16-9-10;/h2-4,6,8,10,16,18H,5,7,9H2,1H3;1H. The second-order valence-corrected chi connectivity index (χ2v) is 7.00. The molecule has 1 aromatic carbocycles. The number of aromatic nitrogens is 1. The molecule has 1 saturated heterocycles. The Bertz CT molecular complexity index is 851. The van der Waals surface area contributed by atoms with E-state index in [1.165, 1.54) is 19.4 Å². The van der Waals surface area contributed by atoms with Crippen LogP contribution in [0.1, 0.15) is 16.9 Å². The Morgan fingerprint density at radius 2 is 2.12 bits per heavy atom. The van der Waals surface area contributed by atoms with E-state index in [2.05, 4.69) is 15.0 Å². The van der Waals surface area contributed by atoms with Gasteiger partial charge in [-0.05, 0) is 25.1 Å². The number of nitrogens with zero attached hydrogens (tertiary/aromatic N) is 1. The molecule has 1 atom stereocenters. The summed E-state index contributed by atoms with van der Waals surface area (Å²) in [5.74, 6) is -0.599. The minimum absolute atomic E-state index is 0. The molecule has 130 valence electrons. The lowest BCUT2D eigenvalue weighted by Gasteiger charge is -2.14. The van der Waals surface area contributed by atoms with Crippen LogP contribution in [0.5, 0.6) is 0 Å². The number of pyridine rings is 1. The monoisotopic (exact) mass is 371 g/mol. The number of hydrogen-bond acceptors (Lipinski definition) is 6. The van der Waals surface area contributed by atoms with Crippen molar-refractivity contribution >= 4 is 39.2 Å². The molecule has 7 nitrogen and oxygen atoms in total. The number of sulfonamides is 1. The Kier molecular flexibility index (Phi) is 5.76. The van der Waals surface area contributed by atoms with Crippen LogP contribution in [-0.2, 0) is 14.8 Å². The smallest absolute Gasteiger partial charge is 0.357 e. The fourth-order valence-electron chi connectivity index (χ4n) is 2.71. The summed E-state index contributed by atoms with van der Waals surface area (Å²) < 4.78 is 32.8. The maximum Gasteiger partial charge on any atom is 0.357 e. The number of methoxy groups -OCH3 is 1. The summed E-state index contributed by atoms with van der Waals surface area (Å²) >= 11 is 0. The van der Waals surface area contributed by atoms with Gasteiger partial charge < -0.3 is 10.1 Å². The second kappa shape index (κ2) is 7.43. The van der Waals surface area contributed by atoms with Crippen LogP contribution in [0, 0.1) is 0 Å². The predicted molar refractivity (Wildman–Crippen MR) is 91.9 cm³/mol. The zero-order chi connectivity index (χ0) is 16.4. The highest BCUT2D eigenvalue weighted by molar-refractivity contribution is 7.89. The first kappa shape index (κ1) is 18.6. The fraction of sp³-hybridized carbons (Fsp3) is 0.333. The van der Waals surface area contributed by atoms with Gasteiger partial charge in [-0.1, -0.05) is 12.1 Å². The number of carbonyl (C=O) groups is 1. The number of rotatable bonds is 4. The number of fused-ring (bicyclic) bond motifs is 1. The fourth-order valence-corrected chi connectivity index (χ4v) is 4.20. The van der Waals surface area contributed by atoms with Gasteiger partial charge in [0.15, 0.2) is 5.69 Å². The van der Waals surface area contributed by atoms with Gasteiger partial charge in [0.2, 0.25) is 10.0 Å². The third-order valence-electron chi connectivity index (χ3n) is 3.82. The lowest BCUT2D eigenvalue weighted by atomic mass is 10.1. The van der Waals surface area contributed by atoms with Crippen molar-refractivity contribution in [2.24, 2.45) is 0 Å². The molecule has 1 unspecified atom stereocenters. The van der Waals surface area contributed by atoms with Crippen molar-refractivity contribution in [3.05, 3.63) is 36.2 Å². The minimum Gasteiger partial charge on any atom is -0.464 e. The van der Waals surface area contributed by atoms with Crippen LogP contribution in [0.15, 0.2) is 35.4 Å². The van der Waals surface area contributed by atoms with Crippen molar-refractivity contribution < 1.29 is 17.9 Å². The molecule has 1 aliphatic heterocycles. The molecule has 0 aliphatic carbocycles. The average molecular weight is 372 g/mol. The Hall–Kier alpha value is -1.74. The van der Waals surface area contributed by atoms with Crippen LogP contribution in [-0.4, -0.2) is 45.6 Å². The largest absolute Gasteiger partial charge is 0.464 e. The van der Waals surface area contributed by atoms with Gasteiger partial charge in [-0.15, -0.1) is 12.4 Å². The van der Waals surface area contributed by atoms with E-state index in [9.17, 15) is 13.2 Å². The van der Waals surface area contributed by atoms with E-state index in [1.54, 1.807) is 18.2 Å². The topological polar surface area (TPSA) is 97.4 Å². The Labute approximate surface area is 146 Å². The van der Waals surface area contributed by atoms with Crippen LogP contribution in [0.2, 0.25) is 0 Å². The highest BCUT2D eigenvalue weighted by Crippen LogP contribution is 2.25. The second-order valence-electron chi connectivity index (χ2n) is 5.31. The number of benzene rings is 1. The van der Waals surface area contributed by atoms with Crippen LogP contribution < -0.4 is 10.0 Å². The van der Waals surface area contributed by atoms with Crippen LogP contribution in [0.25, 0.3) is 10.8 Å². The molecule has 0 bridgehead atoms. The van der Waals surface area contributed by atoms with Gasteiger partial charge in [-0.3, -0.25) is 0 Å². The van der Waals surface area contributed by atoms with E-state index in [1.807, 2.05) is 0 Å². The summed E-state index contributed by atoms with van der Waals surface area (Å²) in [7, 11) is -2.43. The molecule has 3 rings (SSSR count). The van der Waals surface area contributed by atoms with Crippen LogP contribution >= 0.6 is 12.4 Å². The zero-order valence-corrected chi connectivity index (χ0v) is 14.6. The van der Waals surface area contributed by atoms with Gasteiger partial charge in [0, 0.05) is 29.6 Å². The number of carbonyl (C=O) groups excluding carboxylic acids is 1. The van der Waals surface area contributed by atoms with Crippen molar-refractivity contribution in [1.82, 2.24) is 15.0 Å². The first-order chi connectivity index (χ1) is 11.0. The number of halogens is 1. The lowest BCUT2D eigenvalue weighted by molar-refractivity contribution is 0.0596. The molecular weight excluding hydrogens is 354 g/mol. The predicted octanol–water partition coefficient (Wildman–Crippen LogP) is 1.08. The molecule has 2 N–H and O–H groups in total. The Morgan fingerprint density at radius 1 is 1.33 bits per heavy atom. The normalized spacial score (nSPS) is 17.5. The molecular formula is C15H18ClN3O4S. The van der Waals surface area contributed by atoms with Gasteiger partial charge in [0.25, 0.3) is 0 Å². The SMILES string of the molecule is COC(=O)c1nccc2c(S(=O)(=O)NC3CCNC3)cccc12.Cl. The molecule has 2 aromatic rings. The molecule has 1 aromatic heterocycles. The third kappa shape index (κ3) is 3.51. The lowest BCUT2D eigenvalue weighted by Crippen LogP contribution is -2.36. The van der Waals surface area contributed by atoms with E-state index < -0.39 is 16.0 Å². The maximum absolute atomic E-state index is 12.7. The molecule has 1 fully saturated rings. The number of hydrogen-bond donors (Lipinski definition) is 2. The molecule has 1 aliphatic rings. The van der Waals surface area contributed by atoms with Gasteiger partial charge >= 0.3 is 5.97 Å². The van der Waals surface area contributed by atoms with Gasteiger partial charge in [0.1, 0.15) is 0 Å². The molecule has 2 heterocycles. The van der Waals surface area contributed by atoms with Crippen molar-refractivity contribution in [3.63, 3.8) is 0 Å². The van der Waals surface area contributed by atoms with E-state index in [4.69, 9.17) is 4.74 Å². The van der Waals surface area contributed by atoms with Crippen LogP contribution in [0.3, 0.4) is 0 Å². The summed E-state index contributed by atoms with van der Waals surface area (Å²) in [5.41, 5.74) is 0.101. The third-order valence-corrected chi connectivity index (χ3v) is 5.40. The van der Waals surface area contributed by atoms with Crippen molar-refractivity contribution in [2.45, 2.75) is 17.4 Å². The van der Waals surface area contributed by atoms with Gasteiger partial charge in [0.05, 0.1) is 12.0 Å². The summed E-state index contributed by atoms with van der Waals surface area (Å²) in [6.45, 7) is 1.40. The van der Waals surface area contributed by atoms with Gasteiger partial charge in [-0.25, -0.2) is 22.9 Å². The summed E-state index contributed by atoms with van der Waals surface area (Å²) in [6.07, 6.45) is 2.16. The molecule has 0 saturated carbocycles. The van der Waals surface area contributed by atoms with Gasteiger partial charge in [-0.2, -0.15) is 0 Å². The van der Waals surface area contributed by atoms with E-state index in [0.717, 1.165) is 13.0 Å². The first-order valence-corrected chi connectivity index (χ1v) is 8.70. The quantitative estimate of drug-likeness (QED) is 0.781. The first-order valence-electron chi connectivity index (χ1n) is 7.22.